The smallest absolute Gasteiger partial charge is 0.239 e. The molecule has 2 aliphatic rings. The Balaban J connectivity index is 1.59. The van der Waals surface area contributed by atoms with E-state index in [1.54, 1.807) is 12.1 Å². The Labute approximate surface area is 243 Å². The van der Waals surface area contributed by atoms with Crippen molar-refractivity contribution in [2.24, 2.45) is 0 Å². The summed E-state index contributed by atoms with van der Waals surface area (Å²) in [4.78, 5) is 13.8. The van der Waals surface area contributed by atoms with E-state index in [1.807, 2.05) is 0 Å². The molecule has 3 aromatic rings. The van der Waals surface area contributed by atoms with Crippen LogP contribution in [0.3, 0.4) is 0 Å². The van der Waals surface area contributed by atoms with Gasteiger partial charge >= 0.3 is 0 Å². The van der Waals surface area contributed by atoms with Crippen molar-refractivity contribution in [3.8, 4) is 34.3 Å². The van der Waals surface area contributed by atoms with Gasteiger partial charge in [0.25, 0.3) is 0 Å². The third-order valence-corrected chi connectivity index (χ3v) is 7.40. The van der Waals surface area contributed by atoms with Gasteiger partial charge in [-0.2, -0.15) is 0 Å². The number of aliphatic hydroxyl groups excluding tert-OH is 7. The standard InChI is InChI=1S/C28H32O15/c1-10-18(31)21(34)23(36)27(39-10)40-13-7-14(30)17-15(8-13)41-25(11-3-5-12(38-2)6-4-11)26(20(17)33)43-28-24(37)22(35)19(32)16(9-29)42-28/h3-8,10,16,18-19,21-24,27-32,34-37H,9H2,1-2H3/t10-,16+,18-,19+,21+,22-,23+,24+,27-,28-/m0/s1. The van der Waals surface area contributed by atoms with Crippen molar-refractivity contribution >= 4 is 11.0 Å². The van der Waals surface area contributed by atoms with Gasteiger partial charge < -0.3 is 69.0 Å². The summed E-state index contributed by atoms with van der Waals surface area (Å²) in [5.41, 5.74) is -0.845. The van der Waals surface area contributed by atoms with Gasteiger partial charge in [0, 0.05) is 17.7 Å². The van der Waals surface area contributed by atoms with E-state index in [1.165, 1.54) is 32.2 Å². The topological polar surface area (TPSA) is 238 Å². The summed E-state index contributed by atoms with van der Waals surface area (Å²) in [6.07, 6.45) is -15.3. The van der Waals surface area contributed by atoms with Gasteiger partial charge in [-0.25, -0.2) is 0 Å². The van der Waals surface area contributed by atoms with Gasteiger partial charge in [0.1, 0.15) is 70.9 Å². The third kappa shape index (κ3) is 5.74. The molecule has 15 heteroatoms. The molecule has 0 bridgehead atoms. The summed E-state index contributed by atoms with van der Waals surface area (Å²) >= 11 is 0. The lowest BCUT2D eigenvalue weighted by Crippen LogP contribution is -2.60. The van der Waals surface area contributed by atoms with Crippen LogP contribution < -0.4 is 19.6 Å². The van der Waals surface area contributed by atoms with Crippen LogP contribution in [-0.2, 0) is 9.47 Å². The Hall–Kier alpha value is -3.51. The number of aromatic hydroxyl groups is 1. The molecule has 0 unspecified atom stereocenters. The third-order valence-electron chi connectivity index (χ3n) is 7.40. The van der Waals surface area contributed by atoms with E-state index in [2.05, 4.69) is 0 Å². The fourth-order valence-corrected chi connectivity index (χ4v) is 4.89. The first-order valence-corrected chi connectivity index (χ1v) is 13.3. The van der Waals surface area contributed by atoms with Crippen molar-refractivity contribution in [2.75, 3.05) is 13.7 Å². The van der Waals surface area contributed by atoms with E-state index >= 15 is 0 Å². The molecular weight excluding hydrogens is 576 g/mol. The summed E-state index contributed by atoms with van der Waals surface area (Å²) in [5.74, 6) is -1.03. The maximum Gasteiger partial charge on any atom is 0.239 e. The molecule has 2 fully saturated rings. The maximum atomic E-state index is 13.8. The second kappa shape index (κ2) is 12.2. The highest BCUT2D eigenvalue weighted by Gasteiger charge is 2.46. The van der Waals surface area contributed by atoms with Crippen molar-refractivity contribution in [2.45, 2.75) is 68.3 Å². The van der Waals surface area contributed by atoms with E-state index < -0.39 is 84.9 Å². The van der Waals surface area contributed by atoms with Crippen LogP contribution in [-0.4, -0.2) is 116 Å². The fraction of sp³-hybridized carbons (Fsp3) is 0.464. The van der Waals surface area contributed by atoms with Crippen LogP contribution in [0.15, 0.2) is 45.6 Å². The molecule has 3 heterocycles. The molecule has 5 rings (SSSR count). The SMILES string of the molecule is COc1ccc(-c2oc3cc(O[C@@H]4O[C@@H](C)[C@H](O)[C@@H](O)[C@H]4O)cc(O)c3c(=O)c2O[C@@H]2O[C@H](CO)[C@@H](O)[C@H](O)[C@H]2O)cc1. The summed E-state index contributed by atoms with van der Waals surface area (Å²) in [6, 6.07) is 8.45. The van der Waals surface area contributed by atoms with Gasteiger partial charge in [-0.05, 0) is 31.2 Å². The Morgan fingerprint density at radius 2 is 1.42 bits per heavy atom. The predicted octanol–water partition coefficient (Wildman–Crippen LogP) is -1.44. The highest BCUT2D eigenvalue weighted by Crippen LogP contribution is 2.38. The minimum atomic E-state index is -1.85. The van der Waals surface area contributed by atoms with Gasteiger partial charge in [0.05, 0.1) is 19.8 Å². The Bertz CT molecular complexity index is 1490. The Morgan fingerprint density at radius 1 is 0.791 bits per heavy atom. The zero-order valence-electron chi connectivity index (χ0n) is 22.9. The second-order valence-corrected chi connectivity index (χ2v) is 10.2. The van der Waals surface area contributed by atoms with Crippen molar-refractivity contribution in [3.05, 3.63) is 46.6 Å². The summed E-state index contributed by atoms with van der Waals surface area (Å²) in [7, 11) is 1.45. The molecule has 2 aliphatic heterocycles. The molecule has 0 radical (unpaired) electrons. The molecular formula is C28H32O15. The Morgan fingerprint density at radius 3 is 2.05 bits per heavy atom. The van der Waals surface area contributed by atoms with Crippen molar-refractivity contribution in [1.82, 2.24) is 0 Å². The normalized spacial score (nSPS) is 32.9. The monoisotopic (exact) mass is 608 g/mol. The lowest BCUT2D eigenvalue weighted by molar-refractivity contribution is -0.277. The van der Waals surface area contributed by atoms with Gasteiger partial charge in [-0.1, -0.05) is 0 Å². The molecule has 234 valence electrons. The average Bonchev–Trinajstić information content (AvgIpc) is 2.99. The number of hydrogen-bond acceptors (Lipinski definition) is 15. The second-order valence-electron chi connectivity index (χ2n) is 10.2. The summed E-state index contributed by atoms with van der Waals surface area (Å²) in [5, 5.41) is 81.2. The van der Waals surface area contributed by atoms with Gasteiger partial charge in [-0.3, -0.25) is 4.79 Å². The number of phenolic OH excluding ortho intramolecular Hbond substituents is 1. The lowest BCUT2D eigenvalue weighted by atomic mass is 9.99. The largest absolute Gasteiger partial charge is 0.507 e. The number of phenols is 1. The molecule has 2 saturated heterocycles. The van der Waals surface area contributed by atoms with Crippen LogP contribution in [0.2, 0.25) is 0 Å². The lowest BCUT2D eigenvalue weighted by Gasteiger charge is -2.39. The van der Waals surface area contributed by atoms with Gasteiger partial charge in [-0.15, -0.1) is 0 Å². The molecule has 8 N–H and O–H groups in total. The summed E-state index contributed by atoms with van der Waals surface area (Å²) in [6.45, 7) is 0.728. The molecule has 2 aromatic carbocycles. The molecule has 15 nitrogen and oxygen atoms in total. The first kappa shape index (κ1) is 30.9. The van der Waals surface area contributed by atoms with E-state index in [0.717, 1.165) is 6.07 Å². The van der Waals surface area contributed by atoms with Crippen LogP contribution in [0.5, 0.6) is 23.0 Å². The molecule has 0 saturated carbocycles. The first-order chi connectivity index (χ1) is 20.4. The highest BCUT2D eigenvalue weighted by molar-refractivity contribution is 5.88. The highest BCUT2D eigenvalue weighted by atomic mass is 16.7. The van der Waals surface area contributed by atoms with Crippen molar-refractivity contribution in [1.29, 1.82) is 0 Å². The van der Waals surface area contributed by atoms with E-state index in [4.69, 9.17) is 28.1 Å². The van der Waals surface area contributed by atoms with Gasteiger partial charge in [0.2, 0.25) is 23.8 Å². The van der Waals surface area contributed by atoms with Crippen LogP contribution in [0.4, 0.5) is 0 Å². The number of rotatable bonds is 7. The zero-order chi connectivity index (χ0) is 31.2. The zero-order valence-corrected chi connectivity index (χ0v) is 22.9. The summed E-state index contributed by atoms with van der Waals surface area (Å²) < 4.78 is 33.4. The van der Waals surface area contributed by atoms with E-state index in [-0.39, 0.29) is 28.0 Å². The first-order valence-electron chi connectivity index (χ1n) is 13.3. The minimum Gasteiger partial charge on any atom is -0.507 e. The van der Waals surface area contributed by atoms with E-state index in [0.29, 0.717) is 5.75 Å². The molecule has 10 atom stereocenters. The number of aliphatic hydroxyl groups is 7. The van der Waals surface area contributed by atoms with Crippen LogP contribution in [0.25, 0.3) is 22.3 Å². The van der Waals surface area contributed by atoms with Crippen LogP contribution in [0, 0.1) is 0 Å². The maximum absolute atomic E-state index is 13.8. The molecule has 0 amide bonds. The Kier molecular flexibility index (Phi) is 8.80. The van der Waals surface area contributed by atoms with Crippen molar-refractivity contribution in [3.63, 3.8) is 0 Å². The molecule has 0 aliphatic carbocycles. The number of methoxy groups -OCH3 is 1. The van der Waals surface area contributed by atoms with Crippen LogP contribution >= 0.6 is 0 Å². The van der Waals surface area contributed by atoms with Crippen molar-refractivity contribution < 1.29 is 69.0 Å². The number of benzene rings is 2. The minimum absolute atomic E-state index is 0.128. The van der Waals surface area contributed by atoms with Crippen LogP contribution in [0.1, 0.15) is 6.92 Å². The number of fused-ring (bicyclic) bond motifs is 1. The van der Waals surface area contributed by atoms with E-state index in [9.17, 15) is 45.6 Å². The van der Waals surface area contributed by atoms with Gasteiger partial charge in [0.15, 0.2) is 5.76 Å². The average molecular weight is 609 g/mol. The predicted molar refractivity (Wildman–Crippen MR) is 144 cm³/mol. The fourth-order valence-electron chi connectivity index (χ4n) is 4.89. The molecule has 1 aromatic heterocycles. The number of hydrogen-bond donors (Lipinski definition) is 8. The quantitative estimate of drug-likeness (QED) is 0.153. The molecule has 43 heavy (non-hydrogen) atoms. The molecule has 0 spiro atoms. The number of ether oxygens (including phenoxy) is 5.